The monoisotopic (exact) mass is 169 g/mol. The van der Waals surface area contributed by atoms with E-state index >= 15 is 0 Å². The van der Waals surface area contributed by atoms with Crippen molar-refractivity contribution in [2.45, 2.75) is 0 Å². The summed E-state index contributed by atoms with van der Waals surface area (Å²) in [6.07, 6.45) is 2.16. The quantitative estimate of drug-likeness (QED) is 0.266. The summed E-state index contributed by atoms with van der Waals surface area (Å²) in [6.45, 7) is 6.33. The van der Waals surface area contributed by atoms with Gasteiger partial charge in [0.05, 0.1) is 4.92 Å². The minimum Gasteiger partial charge on any atom is -0.423 e. The molecule has 2 N–H and O–H groups in total. The fourth-order valence-electron chi connectivity index (χ4n) is 0.350. The lowest BCUT2D eigenvalue weighted by Crippen LogP contribution is -2.12. The van der Waals surface area contributed by atoms with E-state index in [2.05, 4.69) is 13.2 Å². The Morgan fingerprint density at radius 2 is 1.92 bits per heavy atom. The van der Waals surface area contributed by atoms with E-state index in [1.54, 1.807) is 0 Å². The van der Waals surface area contributed by atoms with Crippen molar-refractivity contribution < 1.29 is 15.0 Å². The topological polar surface area (TPSA) is 83.6 Å². The molecule has 0 aliphatic heterocycles. The molecule has 0 spiro atoms. The molecule has 0 fully saturated rings. The molecule has 0 unspecified atom stereocenters. The van der Waals surface area contributed by atoms with Gasteiger partial charge in [0.1, 0.15) is 0 Å². The summed E-state index contributed by atoms with van der Waals surface area (Å²) in [4.78, 5) is 9.29. The van der Waals surface area contributed by atoms with Crippen LogP contribution >= 0.6 is 0 Å². The highest BCUT2D eigenvalue weighted by Gasteiger charge is 2.09. The van der Waals surface area contributed by atoms with Crippen LogP contribution in [0.2, 0.25) is 0 Å². The molecule has 0 aromatic heterocycles. The molecule has 12 heavy (non-hydrogen) atoms. The molecule has 0 heterocycles. The first-order chi connectivity index (χ1) is 5.45. The van der Waals surface area contributed by atoms with Crippen LogP contribution in [0.25, 0.3) is 0 Å². The maximum Gasteiger partial charge on any atom is 0.487 e. The first-order valence-electron chi connectivity index (χ1n) is 3.01. The zero-order valence-corrected chi connectivity index (χ0v) is 6.30. The van der Waals surface area contributed by atoms with Gasteiger partial charge in [-0.2, -0.15) is 0 Å². The Hall–Kier alpha value is -1.40. The Labute approximate surface area is 69.6 Å². The number of nitrogens with zero attached hydrogens (tertiary/aromatic N) is 1. The van der Waals surface area contributed by atoms with E-state index in [1.165, 1.54) is 0 Å². The molecule has 0 radical (unpaired) electrons. The van der Waals surface area contributed by atoms with Crippen LogP contribution in [0.3, 0.4) is 0 Å². The average molecular weight is 169 g/mol. The van der Waals surface area contributed by atoms with Crippen LogP contribution in [0.4, 0.5) is 0 Å². The summed E-state index contributed by atoms with van der Waals surface area (Å²) < 4.78 is 0. The maximum absolute atomic E-state index is 9.98. The summed E-state index contributed by atoms with van der Waals surface area (Å²) in [7, 11) is -1.69. The van der Waals surface area contributed by atoms with Crippen molar-refractivity contribution >= 4 is 7.12 Å². The van der Waals surface area contributed by atoms with Crippen molar-refractivity contribution in [1.82, 2.24) is 0 Å². The van der Waals surface area contributed by atoms with Crippen molar-refractivity contribution in [3.63, 3.8) is 0 Å². The van der Waals surface area contributed by atoms with Crippen molar-refractivity contribution in [3.8, 4) is 0 Å². The van der Waals surface area contributed by atoms with Crippen LogP contribution in [0, 0.1) is 10.1 Å². The highest BCUT2D eigenvalue weighted by Crippen LogP contribution is 1.99. The average Bonchev–Trinajstić information content (AvgIpc) is 1.98. The van der Waals surface area contributed by atoms with Crippen LogP contribution in [0.5, 0.6) is 0 Å². The molecule has 5 nitrogen and oxygen atoms in total. The number of hydrogen-bond acceptors (Lipinski definition) is 4. The van der Waals surface area contributed by atoms with Crippen LogP contribution in [0.1, 0.15) is 0 Å². The highest BCUT2D eigenvalue weighted by molar-refractivity contribution is 6.51. The van der Waals surface area contributed by atoms with Gasteiger partial charge in [0.15, 0.2) is 0 Å². The summed E-state index contributed by atoms with van der Waals surface area (Å²) in [5, 5.41) is 26.9. The standard InChI is InChI=1S/C6H8BNO4/c1-5(7(9)10)3-4-6(2)8(11)12/h3-4,9-10H,1-2H2/b4-3-. The molecule has 0 atom stereocenters. The molecule has 0 saturated carbocycles. The minimum absolute atomic E-state index is 0.0296. The summed E-state index contributed by atoms with van der Waals surface area (Å²) in [6, 6.07) is 0. The van der Waals surface area contributed by atoms with E-state index in [9.17, 15) is 10.1 Å². The smallest absolute Gasteiger partial charge is 0.423 e. The Kier molecular flexibility index (Phi) is 3.96. The van der Waals surface area contributed by atoms with Gasteiger partial charge in [0.25, 0.3) is 5.70 Å². The lowest BCUT2D eigenvalue weighted by molar-refractivity contribution is -0.418. The van der Waals surface area contributed by atoms with Crippen molar-refractivity contribution in [1.29, 1.82) is 0 Å². The zero-order chi connectivity index (χ0) is 9.72. The fraction of sp³-hybridized carbons (Fsp3) is 0. The lowest BCUT2D eigenvalue weighted by atomic mass is 9.80. The SMILES string of the molecule is C=C(/C=C\C(=C)[N+](=O)[O-])B(O)O. The Morgan fingerprint density at radius 3 is 2.25 bits per heavy atom. The van der Waals surface area contributed by atoms with Gasteiger partial charge in [-0.15, -0.1) is 0 Å². The van der Waals surface area contributed by atoms with Crippen molar-refractivity contribution in [2.75, 3.05) is 0 Å². The number of rotatable bonds is 4. The van der Waals surface area contributed by atoms with Crippen LogP contribution in [0.15, 0.2) is 36.5 Å². The van der Waals surface area contributed by atoms with Gasteiger partial charge >= 0.3 is 7.12 Å². The molecule has 0 aliphatic carbocycles. The second kappa shape index (κ2) is 4.48. The first kappa shape index (κ1) is 10.6. The van der Waals surface area contributed by atoms with E-state index in [0.717, 1.165) is 12.2 Å². The Morgan fingerprint density at radius 1 is 1.42 bits per heavy atom. The predicted molar refractivity (Wildman–Crippen MR) is 44.6 cm³/mol. The zero-order valence-electron chi connectivity index (χ0n) is 6.30. The molecule has 0 bridgehead atoms. The molecule has 6 heteroatoms. The summed E-state index contributed by atoms with van der Waals surface area (Å²) in [5.74, 6) is 0. The van der Waals surface area contributed by atoms with E-state index in [-0.39, 0.29) is 11.2 Å². The molecule has 0 rings (SSSR count). The van der Waals surface area contributed by atoms with Gasteiger partial charge < -0.3 is 10.0 Å². The third-order valence-electron chi connectivity index (χ3n) is 1.06. The molecule has 0 aromatic carbocycles. The molecule has 64 valence electrons. The number of nitro groups is 1. The van der Waals surface area contributed by atoms with Gasteiger partial charge in [-0.3, -0.25) is 10.1 Å². The van der Waals surface area contributed by atoms with Gasteiger partial charge in [0, 0.05) is 6.08 Å². The van der Waals surface area contributed by atoms with Crippen LogP contribution in [-0.4, -0.2) is 22.1 Å². The third-order valence-corrected chi connectivity index (χ3v) is 1.06. The van der Waals surface area contributed by atoms with Crippen molar-refractivity contribution in [3.05, 3.63) is 46.6 Å². The molecular weight excluding hydrogens is 161 g/mol. The molecule has 0 saturated heterocycles. The third kappa shape index (κ3) is 3.70. The van der Waals surface area contributed by atoms with E-state index < -0.39 is 12.0 Å². The highest BCUT2D eigenvalue weighted by atomic mass is 16.6. The Balaban J connectivity index is 4.17. The maximum atomic E-state index is 9.98. The van der Waals surface area contributed by atoms with Gasteiger partial charge in [-0.05, 0) is 12.1 Å². The second-order valence-corrected chi connectivity index (χ2v) is 2.03. The molecule has 0 amide bonds. The molecular formula is C6H8BNO4. The Bertz CT molecular complexity index is 246. The van der Waals surface area contributed by atoms with Crippen LogP contribution < -0.4 is 0 Å². The van der Waals surface area contributed by atoms with Crippen molar-refractivity contribution in [2.24, 2.45) is 0 Å². The van der Waals surface area contributed by atoms with Gasteiger partial charge in [-0.25, -0.2) is 0 Å². The van der Waals surface area contributed by atoms with Gasteiger partial charge in [-0.1, -0.05) is 12.7 Å². The lowest BCUT2D eigenvalue weighted by Gasteiger charge is -1.93. The predicted octanol–water partition coefficient (Wildman–Crippen LogP) is -0.0988. The first-order valence-corrected chi connectivity index (χ1v) is 3.01. The summed E-state index contributed by atoms with van der Waals surface area (Å²) >= 11 is 0. The molecule has 0 aromatic rings. The summed E-state index contributed by atoms with van der Waals surface area (Å²) in [5.41, 5.74) is -0.366. The van der Waals surface area contributed by atoms with Crippen LogP contribution in [-0.2, 0) is 0 Å². The minimum atomic E-state index is -1.69. The largest absolute Gasteiger partial charge is 0.487 e. The second-order valence-electron chi connectivity index (χ2n) is 2.03. The van der Waals surface area contributed by atoms with E-state index in [0.29, 0.717) is 0 Å². The van der Waals surface area contributed by atoms with E-state index in [4.69, 9.17) is 10.0 Å². The fourth-order valence-corrected chi connectivity index (χ4v) is 0.350. The molecule has 0 aliphatic rings. The number of hydrogen-bond donors (Lipinski definition) is 2. The number of allylic oxidation sites excluding steroid dienone is 3. The van der Waals surface area contributed by atoms with Gasteiger partial charge in [0.2, 0.25) is 0 Å². The normalized spacial score (nSPS) is 9.83. The van der Waals surface area contributed by atoms with E-state index in [1.807, 2.05) is 0 Å².